The maximum atomic E-state index is 13.9. The van der Waals surface area contributed by atoms with Gasteiger partial charge in [0.15, 0.2) is 11.5 Å². The third-order valence-electron chi connectivity index (χ3n) is 7.42. The highest BCUT2D eigenvalue weighted by atomic mass is 16.5. The number of ether oxygens (including phenoxy) is 1. The fourth-order valence-electron chi connectivity index (χ4n) is 5.53. The van der Waals surface area contributed by atoms with Gasteiger partial charge in [0.25, 0.3) is 0 Å². The van der Waals surface area contributed by atoms with Gasteiger partial charge in [0.05, 0.1) is 34.8 Å². The molecule has 0 bridgehead atoms. The Morgan fingerprint density at radius 3 is 2.66 bits per heavy atom. The van der Waals surface area contributed by atoms with Crippen molar-refractivity contribution in [2.45, 2.75) is 19.8 Å². The number of benzene rings is 3. The number of carbonyl (C=O) groups is 2. The molecule has 8 nitrogen and oxygen atoms in total. The quantitative estimate of drug-likeness (QED) is 0.294. The van der Waals surface area contributed by atoms with Crippen molar-refractivity contribution in [3.8, 4) is 11.3 Å². The van der Waals surface area contributed by atoms with E-state index in [2.05, 4.69) is 15.4 Å². The van der Waals surface area contributed by atoms with Gasteiger partial charge in [-0.25, -0.2) is 0 Å². The number of fused-ring (bicyclic) bond motifs is 2. The summed E-state index contributed by atoms with van der Waals surface area (Å²) in [6, 6.07) is 17.5. The maximum Gasteiger partial charge on any atom is 0.310 e. The first-order chi connectivity index (χ1) is 18.5. The molecule has 3 aromatic carbocycles. The first-order valence-electron chi connectivity index (χ1n) is 13.0. The zero-order chi connectivity index (χ0) is 26.4. The van der Waals surface area contributed by atoms with Gasteiger partial charge in [-0.15, -0.1) is 0 Å². The second kappa shape index (κ2) is 9.52. The van der Waals surface area contributed by atoms with Crippen LogP contribution in [0.15, 0.2) is 59.1 Å². The number of piperidine rings is 1. The molecule has 1 fully saturated rings. The third-order valence-corrected chi connectivity index (χ3v) is 7.42. The average Bonchev–Trinajstić information content (AvgIpc) is 3.38. The van der Waals surface area contributed by atoms with Crippen molar-refractivity contribution in [1.82, 2.24) is 5.16 Å². The molecule has 1 atom stereocenters. The standard InChI is InChI=1S/C30H30N4O4/c1-4-37-30(36)18-8-7-15-34(17-18)24-16-23(31-19-11-13-20(14-12-19)33(2)3)25-26-27(24)32-38-29(26)22-10-6-5-9-21(22)28(25)35/h5-6,9-14,16,18,31H,4,7-8,15,17H2,1-3H3. The molecular formula is C30H30N4O4. The van der Waals surface area contributed by atoms with Crippen LogP contribution in [0.4, 0.5) is 22.7 Å². The molecule has 2 heterocycles. The van der Waals surface area contributed by atoms with Crippen LogP contribution in [0, 0.1) is 5.92 Å². The summed E-state index contributed by atoms with van der Waals surface area (Å²) < 4.78 is 11.2. The number of carbonyl (C=O) groups excluding carboxylic acids is 2. The van der Waals surface area contributed by atoms with Crippen molar-refractivity contribution >= 4 is 45.4 Å². The molecule has 0 amide bonds. The molecule has 194 valence electrons. The zero-order valence-corrected chi connectivity index (χ0v) is 21.8. The molecule has 0 saturated carbocycles. The summed E-state index contributed by atoms with van der Waals surface area (Å²) >= 11 is 0. The van der Waals surface area contributed by atoms with Gasteiger partial charge in [0.1, 0.15) is 5.52 Å². The van der Waals surface area contributed by atoms with E-state index in [0.717, 1.165) is 42.0 Å². The summed E-state index contributed by atoms with van der Waals surface area (Å²) in [5, 5.41) is 8.67. The molecular weight excluding hydrogens is 480 g/mol. The van der Waals surface area contributed by atoms with Gasteiger partial charge in [0, 0.05) is 49.7 Å². The average molecular weight is 511 g/mol. The smallest absolute Gasteiger partial charge is 0.310 e. The number of hydrogen-bond donors (Lipinski definition) is 1. The number of ketones is 1. The first kappa shape index (κ1) is 24.0. The fourth-order valence-corrected chi connectivity index (χ4v) is 5.53. The second-order valence-corrected chi connectivity index (χ2v) is 10.0. The molecule has 1 aromatic heterocycles. The Bertz CT molecular complexity index is 1540. The van der Waals surface area contributed by atoms with Gasteiger partial charge in [0.2, 0.25) is 0 Å². The highest BCUT2D eigenvalue weighted by Crippen LogP contribution is 2.46. The Morgan fingerprint density at radius 2 is 1.92 bits per heavy atom. The minimum Gasteiger partial charge on any atom is -0.466 e. The first-order valence-corrected chi connectivity index (χ1v) is 13.0. The van der Waals surface area contributed by atoms with Crippen LogP contribution in [-0.2, 0) is 9.53 Å². The van der Waals surface area contributed by atoms with Gasteiger partial charge in [-0.05, 0) is 50.1 Å². The van der Waals surface area contributed by atoms with Crippen LogP contribution >= 0.6 is 0 Å². The molecule has 38 heavy (non-hydrogen) atoms. The number of rotatable bonds is 6. The normalized spacial score (nSPS) is 16.3. The zero-order valence-electron chi connectivity index (χ0n) is 21.8. The fraction of sp³-hybridized carbons (Fsp3) is 0.300. The molecule has 0 spiro atoms. The Balaban J connectivity index is 1.49. The Hall–Kier alpha value is -4.33. The van der Waals surface area contributed by atoms with Crippen molar-refractivity contribution in [3.05, 3.63) is 65.7 Å². The largest absolute Gasteiger partial charge is 0.466 e. The summed E-state index contributed by atoms with van der Waals surface area (Å²) in [6.07, 6.45) is 1.64. The summed E-state index contributed by atoms with van der Waals surface area (Å²) in [7, 11) is 4.00. The summed E-state index contributed by atoms with van der Waals surface area (Å²) in [6.45, 7) is 3.49. The predicted octanol–water partition coefficient (Wildman–Crippen LogP) is 5.63. The lowest BCUT2D eigenvalue weighted by atomic mass is 9.86. The van der Waals surface area contributed by atoms with E-state index in [1.165, 1.54) is 0 Å². The Morgan fingerprint density at radius 1 is 1.16 bits per heavy atom. The minimum atomic E-state index is -0.213. The SMILES string of the molecule is CCOC(=O)C1CCCN(c2cc(Nc3ccc(N(C)C)cc3)c3c4c(onc24)-c2ccccc2C3=O)C1. The van der Waals surface area contributed by atoms with Crippen LogP contribution in [-0.4, -0.2) is 50.7 Å². The topological polar surface area (TPSA) is 87.9 Å². The lowest BCUT2D eigenvalue weighted by molar-refractivity contribution is -0.148. The van der Waals surface area contributed by atoms with Crippen LogP contribution < -0.4 is 15.1 Å². The van der Waals surface area contributed by atoms with E-state index >= 15 is 0 Å². The molecule has 1 aliphatic heterocycles. The van der Waals surface area contributed by atoms with Crippen molar-refractivity contribution < 1.29 is 18.8 Å². The van der Waals surface area contributed by atoms with Crippen LogP contribution in [0.5, 0.6) is 0 Å². The second-order valence-electron chi connectivity index (χ2n) is 10.0. The van der Waals surface area contributed by atoms with Crippen molar-refractivity contribution in [1.29, 1.82) is 0 Å². The molecule has 1 N–H and O–H groups in total. The molecule has 1 aliphatic carbocycles. The number of esters is 1. The van der Waals surface area contributed by atoms with Gasteiger partial charge in [-0.2, -0.15) is 0 Å². The number of hydrogen-bond acceptors (Lipinski definition) is 8. The van der Waals surface area contributed by atoms with E-state index in [1.54, 1.807) is 0 Å². The van der Waals surface area contributed by atoms with E-state index in [4.69, 9.17) is 9.26 Å². The number of nitrogens with zero attached hydrogens (tertiary/aromatic N) is 3. The Kier molecular flexibility index (Phi) is 6.02. The molecule has 6 rings (SSSR count). The summed E-state index contributed by atoms with van der Waals surface area (Å²) in [5.41, 5.74) is 6.00. The van der Waals surface area contributed by atoms with Gasteiger partial charge >= 0.3 is 5.97 Å². The monoisotopic (exact) mass is 510 g/mol. The summed E-state index contributed by atoms with van der Waals surface area (Å²) in [5.74, 6) is 0.144. The van der Waals surface area contributed by atoms with Gasteiger partial charge in [-0.1, -0.05) is 29.4 Å². The van der Waals surface area contributed by atoms with Crippen molar-refractivity contribution in [2.24, 2.45) is 5.92 Å². The summed E-state index contributed by atoms with van der Waals surface area (Å²) in [4.78, 5) is 30.6. The van der Waals surface area contributed by atoms with E-state index in [9.17, 15) is 9.59 Å². The Labute approximate surface area is 221 Å². The minimum absolute atomic E-state index is 0.0664. The molecule has 0 radical (unpaired) electrons. The molecule has 1 saturated heterocycles. The van der Waals surface area contributed by atoms with E-state index in [1.807, 2.05) is 80.5 Å². The van der Waals surface area contributed by atoms with Crippen molar-refractivity contribution in [2.75, 3.05) is 48.9 Å². The van der Waals surface area contributed by atoms with Crippen LogP contribution in [0.1, 0.15) is 35.7 Å². The van der Waals surface area contributed by atoms with Gasteiger partial charge in [-0.3, -0.25) is 9.59 Å². The lowest BCUT2D eigenvalue weighted by Gasteiger charge is -2.34. The van der Waals surface area contributed by atoms with Crippen LogP contribution in [0.25, 0.3) is 22.2 Å². The highest BCUT2D eigenvalue weighted by molar-refractivity contribution is 6.28. The van der Waals surface area contributed by atoms with Crippen LogP contribution in [0.3, 0.4) is 0 Å². The predicted molar refractivity (Wildman–Crippen MR) is 148 cm³/mol. The van der Waals surface area contributed by atoms with E-state index in [0.29, 0.717) is 46.6 Å². The molecule has 2 aliphatic rings. The molecule has 4 aromatic rings. The number of aromatic nitrogens is 1. The van der Waals surface area contributed by atoms with Crippen LogP contribution in [0.2, 0.25) is 0 Å². The van der Waals surface area contributed by atoms with E-state index < -0.39 is 0 Å². The van der Waals surface area contributed by atoms with Gasteiger partial charge < -0.3 is 24.4 Å². The number of nitrogens with one attached hydrogen (secondary N) is 1. The highest BCUT2D eigenvalue weighted by Gasteiger charge is 2.35. The van der Waals surface area contributed by atoms with Crippen molar-refractivity contribution in [3.63, 3.8) is 0 Å². The van der Waals surface area contributed by atoms with E-state index in [-0.39, 0.29) is 17.7 Å². The lowest BCUT2D eigenvalue weighted by Crippen LogP contribution is -2.39. The molecule has 8 heteroatoms. The number of anilines is 4. The molecule has 1 unspecified atom stereocenters. The maximum absolute atomic E-state index is 13.9. The third kappa shape index (κ3) is 3.97.